The van der Waals surface area contributed by atoms with Crippen LogP contribution in [0.15, 0.2) is 12.1 Å². The number of ether oxygens (including phenoxy) is 1. The molecule has 0 unspecified atom stereocenters. The van der Waals surface area contributed by atoms with Crippen LogP contribution in [-0.2, 0) is 9.59 Å². The Kier molecular flexibility index (Phi) is 10.4. The first-order valence-electron chi connectivity index (χ1n) is 11.6. The number of carbonyl (C=O) groups excluding carboxylic acids is 3. The van der Waals surface area contributed by atoms with Crippen LogP contribution in [0.1, 0.15) is 57.9 Å². The minimum absolute atomic E-state index is 0.139. The summed E-state index contributed by atoms with van der Waals surface area (Å²) in [7, 11) is 1.49. The number of hydroxylamine groups is 1. The second-order valence-corrected chi connectivity index (χ2v) is 10.1. The highest BCUT2D eigenvalue weighted by Crippen LogP contribution is 2.31. The summed E-state index contributed by atoms with van der Waals surface area (Å²) in [6.07, 6.45) is 5.69. The molecule has 0 heterocycles. The number of nitrogens with one attached hydrogen (secondary N) is 3. The molecule has 0 saturated heterocycles. The van der Waals surface area contributed by atoms with Gasteiger partial charge in [0.2, 0.25) is 5.91 Å². The van der Waals surface area contributed by atoms with Crippen molar-refractivity contribution >= 4 is 35.1 Å². The number of aryl methyl sites for hydroxylation is 1. The van der Waals surface area contributed by atoms with Gasteiger partial charge in [-0.05, 0) is 36.3 Å². The van der Waals surface area contributed by atoms with Crippen LogP contribution >= 0.6 is 11.6 Å². The molecule has 4 N–H and O–H groups in total. The number of amides is 4. The van der Waals surface area contributed by atoms with Crippen LogP contribution in [0.4, 0.5) is 10.5 Å². The third-order valence-corrected chi connectivity index (χ3v) is 6.59. The summed E-state index contributed by atoms with van der Waals surface area (Å²) in [6, 6.07) is 2.93. The summed E-state index contributed by atoms with van der Waals surface area (Å²) in [4.78, 5) is 38.7. The largest absolute Gasteiger partial charge is 0.495 e. The molecule has 10 heteroatoms. The van der Waals surface area contributed by atoms with Gasteiger partial charge in [0.05, 0.1) is 12.8 Å². The highest BCUT2D eigenvalue weighted by Gasteiger charge is 2.28. The summed E-state index contributed by atoms with van der Waals surface area (Å²) in [5.41, 5.74) is 2.33. The van der Waals surface area contributed by atoms with E-state index in [2.05, 4.69) is 10.6 Å². The SMILES string of the molecule is COc1cc(Cl)c(C)cc1NC(=O)NCC(C)(C)CC(=O)N(CCC1CCCC1)CC(=O)NO. The molecule has 0 spiro atoms. The summed E-state index contributed by atoms with van der Waals surface area (Å²) < 4.78 is 5.28. The lowest BCUT2D eigenvalue weighted by Crippen LogP contribution is -2.44. The third-order valence-electron chi connectivity index (χ3n) is 6.18. The van der Waals surface area contributed by atoms with Gasteiger partial charge in [0, 0.05) is 30.6 Å². The van der Waals surface area contributed by atoms with E-state index < -0.39 is 17.4 Å². The van der Waals surface area contributed by atoms with Gasteiger partial charge in [0.1, 0.15) is 12.3 Å². The second-order valence-electron chi connectivity index (χ2n) is 9.74. The van der Waals surface area contributed by atoms with Crippen molar-refractivity contribution in [1.82, 2.24) is 15.7 Å². The van der Waals surface area contributed by atoms with Crippen LogP contribution in [0.5, 0.6) is 5.75 Å². The summed E-state index contributed by atoms with van der Waals surface area (Å²) >= 11 is 6.11. The Balaban J connectivity index is 1.93. The quantitative estimate of drug-likeness (QED) is 0.271. The van der Waals surface area contributed by atoms with Gasteiger partial charge in [-0.15, -0.1) is 0 Å². The van der Waals surface area contributed by atoms with Gasteiger partial charge in [-0.25, -0.2) is 10.3 Å². The molecule has 0 aromatic heterocycles. The van der Waals surface area contributed by atoms with E-state index in [4.69, 9.17) is 21.5 Å². The molecule has 1 saturated carbocycles. The molecule has 0 atom stereocenters. The molecule has 2 rings (SSSR count). The van der Waals surface area contributed by atoms with Crippen molar-refractivity contribution in [1.29, 1.82) is 0 Å². The normalized spacial score (nSPS) is 13.9. The van der Waals surface area contributed by atoms with E-state index in [9.17, 15) is 14.4 Å². The Bertz CT molecular complexity index is 871. The first-order chi connectivity index (χ1) is 16.0. The lowest BCUT2D eigenvalue weighted by Gasteiger charge is -2.29. The molecule has 4 amide bonds. The second kappa shape index (κ2) is 12.8. The van der Waals surface area contributed by atoms with E-state index in [1.807, 2.05) is 20.8 Å². The number of urea groups is 1. The van der Waals surface area contributed by atoms with E-state index >= 15 is 0 Å². The van der Waals surface area contributed by atoms with Gasteiger partial charge >= 0.3 is 6.03 Å². The van der Waals surface area contributed by atoms with Crippen molar-refractivity contribution < 1.29 is 24.3 Å². The molecular weight excluding hydrogens is 460 g/mol. The highest BCUT2D eigenvalue weighted by atomic mass is 35.5. The number of anilines is 1. The summed E-state index contributed by atoms with van der Waals surface area (Å²) in [5, 5.41) is 15.0. The molecule has 0 bridgehead atoms. The number of methoxy groups -OCH3 is 1. The fourth-order valence-electron chi connectivity index (χ4n) is 4.14. The molecule has 9 nitrogen and oxygen atoms in total. The molecule has 0 radical (unpaired) electrons. The van der Waals surface area contributed by atoms with Crippen molar-refractivity contribution in [3.8, 4) is 5.75 Å². The van der Waals surface area contributed by atoms with Crippen LogP contribution < -0.4 is 20.9 Å². The van der Waals surface area contributed by atoms with Gasteiger partial charge in [0.15, 0.2) is 0 Å². The van der Waals surface area contributed by atoms with E-state index in [-0.39, 0.29) is 25.4 Å². The molecule has 190 valence electrons. The van der Waals surface area contributed by atoms with Crippen LogP contribution in [0.3, 0.4) is 0 Å². The lowest BCUT2D eigenvalue weighted by atomic mass is 9.88. The van der Waals surface area contributed by atoms with Gasteiger partial charge in [-0.2, -0.15) is 0 Å². The standard InChI is InChI=1S/C24H37ClN4O5/c1-16-11-19(20(34-4)12-18(16)25)27-23(32)26-15-24(2,3)13-22(31)29(14-21(30)28-33)10-9-17-7-5-6-8-17/h11-12,17,33H,5-10,13-15H2,1-4H3,(H,28,30)(H2,26,27,32). The number of benzene rings is 1. The van der Waals surface area contributed by atoms with Crippen molar-refractivity contribution in [2.45, 2.75) is 59.3 Å². The summed E-state index contributed by atoms with van der Waals surface area (Å²) in [6.45, 7) is 6.09. The zero-order chi connectivity index (χ0) is 25.3. The first kappa shape index (κ1) is 27.7. The number of halogens is 1. The molecule has 0 aliphatic heterocycles. The van der Waals surface area contributed by atoms with Crippen LogP contribution in [-0.4, -0.2) is 54.7 Å². The summed E-state index contributed by atoms with van der Waals surface area (Å²) in [5.74, 6) is 0.200. The highest BCUT2D eigenvalue weighted by molar-refractivity contribution is 6.31. The van der Waals surface area contributed by atoms with Crippen molar-refractivity contribution in [2.75, 3.05) is 32.1 Å². The molecule has 1 aliphatic carbocycles. The number of carbonyl (C=O) groups is 3. The molecule has 1 aromatic rings. The first-order valence-corrected chi connectivity index (χ1v) is 12.0. The number of hydrogen-bond acceptors (Lipinski definition) is 5. The van der Waals surface area contributed by atoms with E-state index in [1.165, 1.54) is 24.9 Å². The molecular formula is C24H37ClN4O5. The van der Waals surface area contributed by atoms with Crippen LogP contribution in [0.2, 0.25) is 5.02 Å². The van der Waals surface area contributed by atoms with E-state index in [1.54, 1.807) is 17.6 Å². The predicted octanol–water partition coefficient (Wildman–Crippen LogP) is 4.11. The maximum absolute atomic E-state index is 13.0. The fourth-order valence-corrected chi connectivity index (χ4v) is 4.29. The van der Waals surface area contributed by atoms with Gasteiger partial charge in [-0.1, -0.05) is 51.1 Å². The van der Waals surface area contributed by atoms with E-state index in [0.717, 1.165) is 24.8 Å². The maximum atomic E-state index is 13.0. The predicted molar refractivity (Wildman–Crippen MR) is 131 cm³/mol. The minimum atomic E-state index is -0.623. The average Bonchev–Trinajstić information content (AvgIpc) is 3.30. The Morgan fingerprint density at radius 1 is 1.24 bits per heavy atom. The van der Waals surface area contributed by atoms with Crippen LogP contribution in [0.25, 0.3) is 0 Å². The van der Waals surface area contributed by atoms with Gasteiger partial charge < -0.3 is 20.3 Å². The Morgan fingerprint density at radius 2 is 1.91 bits per heavy atom. The zero-order valence-corrected chi connectivity index (χ0v) is 21.3. The zero-order valence-electron chi connectivity index (χ0n) is 20.5. The van der Waals surface area contributed by atoms with Crippen LogP contribution in [0, 0.1) is 18.3 Å². The molecule has 1 aliphatic rings. The van der Waals surface area contributed by atoms with Crippen molar-refractivity contribution in [2.24, 2.45) is 11.3 Å². The molecule has 1 aromatic carbocycles. The Morgan fingerprint density at radius 3 is 2.53 bits per heavy atom. The Hall–Kier alpha value is -2.52. The third kappa shape index (κ3) is 8.68. The van der Waals surface area contributed by atoms with Gasteiger partial charge in [0.25, 0.3) is 5.91 Å². The number of nitrogens with zero attached hydrogens (tertiary/aromatic N) is 1. The van der Waals surface area contributed by atoms with Crippen molar-refractivity contribution in [3.05, 3.63) is 22.7 Å². The number of hydrogen-bond donors (Lipinski definition) is 4. The maximum Gasteiger partial charge on any atom is 0.319 e. The monoisotopic (exact) mass is 496 g/mol. The van der Waals surface area contributed by atoms with Crippen molar-refractivity contribution in [3.63, 3.8) is 0 Å². The Labute approximate surface area is 206 Å². The van der Waals surface area contributed by atoms with E-state index in [0.29, 0.717) is 28.9 Å². The van der Waals surface area contributed by atoms with Gasteiger partial charge in [-0.3, -0.25) is 14.8 Å². The average molecular weight is 497 g/mol. The molecule has 1 fully saturated rings. The minimum Gasteiger partial charge on any atom is -0.495 e. The fraction of sp³-hybridized carbons (Fsp3) is 0.625. The smallest absolute Gasteiger partial charge is 0.319 e. The topological polar surface area (TPSA) is 120 Å². The lowest BCUT2D eigenvalue weighted by molar-refractivity contribution is -0.140. The number of rotatable bonds is 11. The molecule has 34 heavy (non-hydrogen) atoms.